The van der Waals surface area contributed by atoms with Crippen molar-refractivity contribution in [2.45, 2.75) is 25.9 Å². The van der Waals surface area contributed by atoms with Gasteiger partial charge in [0.05, 0.1) is 16.8 Å². The molecular formula is C8H14N2OS. The molecule has 0 saturated carbocycles. The van der Waals surface area contributed by atoms with Crippen molar-refractivity contribution in [3.63, 3.8) is 0 Å². The van der Waals surface area contributed by atoms with Crippen molar-refractivity contribution in [2.75, 3.05) is 6.54 Å². The molecule has 4 heteroatoms. The Balaban J connectivity index is 2.41. The van der Waals surface area contributed by atoms with Gasteiger partial charge in [0.15, 0.2) is 0 Å². The molecule has 12 heavy (non-hydrogen) atoms. The van der Waals surface area contributed by atoms with Crippen molar-refractivity contribution in [2.24, 2.45) is 5.73 Å². The number of nitrogens with two attached hydrogens (primary N) is 1. The van der Waals surface area contributed by atoms with Gasteiger partial charge in [-0.1, -0.05) is 0 Å². The molecule has 0 bridgehead atoms. The minimum atomic E-state index is -0.337. The highest BCUT2D eigenvalue weighted by Crippen LogP contribution is 2.10. The predicted octanol–water partition coefficient (Wildman–Crippen LogP) is 0.704. The van der Waals surface area contributed by atoms with Crippen LogP contribution in [0.25, 0.3) is 0 Å². The fraction of sp³-hybridized carbons (Fsp3) is 0.625. The maximum Gasteiger partial charge on any atom is 0.0897 e. The molecule has 0 spiro atoms. The molecule has 0 aliphatic rings. The van der Waals surface area contributed by atoms with E-state index in [1.165, 1.54) is 0 Å². The third kappa shape index (κ3) is 2.89. The largest absolute Gasteiger partial charge is 0.393 e. The lowest BCUT2D eigenvalue weighted by molar-refractivity contribution is 0.166. The Bertz CT molecular complexity index is 237. The summed E-state index contributed by atoms with van der Waals surface area (Å²) in [6.45, 7) is 2.49. The van der Waals surface area contributed by atoms with Gasteiger partial charge in [0, 0.05) is 11.8 Å². The molecule has 0 radical (unpaired) electrons. The Morgan fingerprint density at radius 2 is 2.50 bits per heavy atom. The summed E-state index contributed by atoms with van der Waals surface area (Å²) >= 11 is 1.61. The summed E-state index contributed by atoms with van der Waals surface area (Å²) in [5.41, 5.74) is 6.28. The molecule has 0 aliphatic carbocycles. The SMILES string of the molecule is Cc1nc(CC(O)CCN)cs1. The number of aryl methyl sites for hydroxylation is 1. The Kier molecular flexibility index (Phi) is 3.65. The van der Waals surface area contributed by atoms with E-state index in [1.807, 2.05) is 12.3 Å². The lowest BCUT2D eigenvalue weighted by Gasteiger charge is -2.05. The minimum Gasteiger partial charge on any atom is -0.393 e. The summed E-state index contributed by atoms with van der Waals surface area (Å²) < 4.78 is 0. The van der Waals surface area contributed by atoms with Crippen LogP contribution in [0.15, 0.2) is 5.38 Å². The van der Waals surface area contributed by atoms with Gasteiger partial charge in [-0.25, -0.2) is 4.98 Å². The molecule has 1 aromatic rings. The van der Waals surface area contributed by atoms with Crippen LogP contribution in [0, 0.1) is 6.92 Å². The molecule has 0 aliphatic heterocycles. The van der Waals surface area contributed by atoms with E-state index >= 15 is 0 Å². The molecule has 1 heterocycles. The van der Waals surface area contributed by atoms with Crippen molar-refractivity contribution >= 4 is 11.3 Å². The van der Waals surface area contributed by atoms with E-state index < -0.39 is 0 Å². The van der Waals surface area contributed by atoms with Crippen LogP contribution in [-0.2, 0) is 6.42 Å². The molecule has 0 saturated heterocycles. The first-order valence-electron chi connectivity index (χ1n) is 4.01. The smallest absolute Gasteiger partial charge is 0.0897 e. The molecule has 68 valence electrons. The molecule has 0 fully saturated rings. The first-order valence-corrected chi connectivity index (χ1v) is 4.89. The van der Waals surface area contributed by atoms with E-state index in [2.05, 4.69) is 4.98 Å². The van der Waals surface area contributed by atoms with Crippen LogP contribution >= 0.6 is 11.3 Å². The third-order valence-electron chi connectivity index (χ3n) is 1.61. The van der Waals surface area contributed by atoms with Gasteiger partial charge < -0.3 is 10.8 Å². The molecular weight excluding hydrogens is 172 g/mol. The average molecular weight is 186 g/mol. The fourth-order valence-electron chi connectivity index (χ4n) is 1.04. The van der Waals surface area contributed by atoms with Crippen LogP contribution in [-0.4, -0.2) is 22.7 Å². The number of rotatable bonds is 4. The fourth-order valence-corrected chi connectivity index (χ4v) is 1.66. The summed E-state index contributed by atoms with van der Waals surface area (Å²) in [6.07, 6.45) is 0.939. The standard InChI is InChI=1S/C8H14N2OS/c1-6-10-7(5-12-6)4-8(11)2-3-9/h5,8,11H,2-4,9H2,1H3. The summed E-state index contributed by atoms with van der Waals surface area (Å²) in [5, 5.41) is 12.4. The van der Waals surface area contributed by atoms with E-state index in [4.69, 9.17) is 5.73 Å². The number of nitrogens with zero attached hydrogens (tertiary/aromatic N) is 1. The van der Waals surface area contributed by atoms with Crippen molar-refractivity contribution in [3.8, 4) is 0 Å². The van der Waals surface area contributed by atoms with Crippen LogP contribution in [0.3, 0.4) is 0 Å². The zero-order valence-corrected chi connectivity index (χ0v) is 7.97. The highest BCUT2D eigenvalue weighted by atomic mass is 32.1. The van der Waals surface area contributed by atoms with Crippen LogP contribution in [0.4, 0.5) is 0 Å². The van der Waals surface area contributed by atoms with Gasteiger partial charge in [-0.15, -0.1) is 11.3 Å². The van der Waals surface area contributed by atoms with Gasteiger partial charge in [0.25, 0.3) is 0 Å². The average Bonchev–Trinajstić information content (AvgIpc) is 2.36. The lowest BCUT2D eigenvalue weighted by atomic mass is 10.1. The monoisotopic (exact) mass is 186 g/mol. The topological polar surface area (TPSA) is 59.1 Å². The highest BCUT2D eigenvalue weighted by molar-refractivity contribution is 7.09. The molecule has 0 aromatic carbocycles. The molecule has 0 amide bonds. The zero-order chi connectivity index (χ0) is 8.97. The van der Waals surface area contributed by atoms with Gasteiger partial charge in [0.1, 0.15) is 0 Å². The summed E-state index contributed by atoms with van der Waals surface area (Å²) in [7, 11) is 0. The third-order valence-corrected chi connectivity index (χ3v) is 2.43. The highest BCUT2D eigenvalue weighted by Gasteiger charge is 2.06. The van der Waals surface area contributed by atoms with Gasteiger partial charge in [-0.05, 0) is 19.9 Å². The van der Waals surface area contributed by atoms with Gasteiger partial charge in [0.2, 0.25) is 0 Å². The van der Waals surface area contributed by atoms with Crippen molar-refractivity contribution in [3.05, 3.63) is 16.1 Å². The summed E-state index contributed by atoms with van der Waals surface area (Å²) in [6, 6.07) is 0. The van der Waals surface area contributed by atoms with Crippen molar-refractivity contribution in [1.29, 1.82) is 0 Å². The number of aliphatic hydroxyl groups is 1. The quantitative estimate of drug-likeness (QED) is 0.728. The maximum atomic E-state index is 9.40. The second-order valence-electron chi connectivity index (χ2n) is 2.79. The van der Waals surface area contributed by atoms with Gasteiger partial charge in [-0.3, -0.25) is 0 Å². The Labute approximate surface area is 76.3 Å². The van der Waals surface area contributed by atoms with Crippen LogP contribution in [0.5, 0.6) is 0 Å². The second-order valence-corrected chi connectivity index (χ2v) is 3.86. The molecule has 1 rings (SSSR count). The van der Waals surface area contributed by atoms with Crippen LogP contribution < -0.4 is 5.73 Å². The Morgan fingerprint density at radius 3 is 3.00 bits per heavy atom. The van der Waals surface area contributed by atoms with E-state index in [-0.39, 0.29) is 6.10 Å². The summed E-state index contributed by atoms with van der Waals surface area (Å²) in [4.78, 5) is 4.25. The van der Waals surface area contributed by atoms with Crippen LogP contribution in [0.2, 0.25) is 0 Å². The van der Waals surface area contributed by atoms with Crippen molar-refractivity contribution in [1.82, 2.24) is 4.98 Å². The predicted molar refractivity (Wildman–Crippen MR) is 50.2 cm³/mol. The van der Waals surface area contributed by atoms with Crippen LogP contribution in [0.1, 0.15) is 17.1 Å². The Morgan fingerprint density at radius 1 is 1.75 bits per heavy atom. The number of thiazole rings is 1. The molecule has 3 nitrogen and oxygen atoms in total. The second kappa shape index (κ2) is 4.54. The van der Waals surface area contributed by atoms with Gasteiger partial charge in [-0.2, -0.15) is 0 Å². The maximum absolute atomic E-state index is 9.40. The molecule has 1 aromatic heterocycles. The van der Waals surface area contributed by atoms with E-state index in [0.717, 1.165) is 10.7 Å². The first kappa shape index (κ1) is 9.64. The summed E-state index contributed by atoms with van der Waals surface area (Å²) in [5.74, 6) is 0. The number of aromatic nitrogens is 1. The number of aliphatic hydroxyl groups excluding tert-OH is 1. The zero-order valence-electron chi connectivity index (χ0n) is 7.16. The number of hydrogen-bond donors (Lipinski definition) is 2. The first-order chi connectivity index (χ1) is 5.72. The van der Waals surface area contributed by atoms with E-state index in [0.29, 0.717) is 19.4 Å². The van der Waals surface area contributed by atoms with Crippen molar-refractivity contribution < 1.29 is 5.11 Å². The molecule has 3 N–H and O–H groups in total. The van der Waals surface area contributed by atoms with Gasteiger partial charge >= 0.3 is 0 Å². The molecule has 1 unspecified atom stereocenters. The van der Waals surface area contributed by atoms with E-state index in [9.17, 15) is 5.11 Å². The Hall–Kier alpha value is -0.450. The lowest BCUT2D eigenvalue weighted by Crippen LogP contribution is -2.16. The normalized spacial score (nSPS) is 13.2. The molecule has 1 atom stereocenters. The number of hydrogen-bond acceptors (Lipinski definition) is 4. The van der Waals surface area contributed by atoms with E-state index in [1.54, 1.807) is 11.3 Å². The minimum absolute atomic E-state index is 0.337.